The van der Waals surface area contributed by atoms with Gasteiger partial charge >= 0.3 is 0 Å². The molecule has 5 nitrogen and oxygen atoms in total. The number of anilines is 1. The van der Waals surface area contributed by atoms with E-state index in [2.05, 4.69) is 10.4 Å². The van der Waals surface area contributed by atoms with E-state index >= 15 is 0 Å². The zero-order valence-electron chi connectivity index (χ0n) is 12.5. The highest BCUT2D eigenvalue weighted by Gasteiger charge is 2.06. The Morgan fingerprint density at radius 2 is 1.91 bits per heavy atom. The van der Waals surface area contributed by atoms with Crippen LogP contribution in [0.15, 0.2) is 67.0 Å². The average molecular weight is 307 g/mol. The van der Waals surface area contributed by atoms with E-state index in [1.165, 1.54) is 0 Å². The largest absolute Gasteiger partial charge is 0.392 e. The minimum Gasteiger partial charge on any atom is -0.392 e. The summed E-state index contributed by atoms with van der Waals surface area (Å²) in [6.07, 6.45) is 3.64. The number of aliphatic hydroxyl groups excluding tert-OH is 1. The van der Waals surface area contributed by atoms with Gasteiger partial charge in [-0.05, 0) is 41.5 Å². The topological polar surface area (TPSA) is 67.2 Å². The van der Waals surface area contributed by atoms with E-state index in [9.17, 15) is 4.79 Å². The summed E-state index contributed by atoms with van der Waals surface area (Å²) in [6.45, 7) is 0.624. The standard InChI is InChI=1S/C18H17N3O2/c22-13-15-3-1-4-17(11-15)20-18(23)16-7-5-14(6-8-16)12-21-10-2-9-19-21/h1-11,22H,12-13H2,(H,20,23). The van der Waals surface area contributed by atoms with E-state index in [4.69, 9.17) is 5.11 Å². The number of aromatic nitrogens is 2. The Bertz CT molecular complexity index is 780. The molecule has 1 aromatic heterocycles. The molecule has 0 saturated heterocycles. The predicted octanol–water partition coefficient (Wildman–Crippen LogP) is 2.68. The van der Waals surface area contributed by atoms with Crippen molar-refractivity contribution in [2.45, 2.75) is 13.2 Å². The molecular formula is C18H17N3O2. The molecule has 1 heterocycles. The minimum absolute atomic E-state index is 0.0498. The average Bonchev–Trinajstić information content (AvgIpc) is 3.08. The van der Waals surface area contributed by atoms with Crippen LogP contribution in [-0.2, 0) is 13.2 Å². The monoisotopic (exact) mass is 307 g/mol. The smallest absolute Gasteiger partial charge is 0.255 e. The molecule has 3 aromatic rings. The van der Waals surface area contributed by atoms with Gasteiger partial charge in [-0.2, -0.15) is 5.10 Å². The summed E-state index contributed by atoms with van der Waals surface area (Å²) in [6, 6.07) is 16.5. The molecule has 2 aromatic carbocycles. The van der Waals surface area contributed by atoms with Crippen molar-refractivity contribution in [3.8, 4) is 0 Å². The minimum atomic E-state index is -0.175. The van der Waals surface area contributed by atoms with Gasteiger partial charge in [-0.25, -0.2) is 0 Å². The molecule has 5 heteroatoms. The van der Waals surface area contributed by atoms with E-state index < -0.39 is 0 Å². The molecule has 1 amide bonds. The molecule has 0 radical (unpaired) electrons. The van der Waals surface area contributed by atoms with Gasteiger partial charge in [-0.1, -0.05) is 24.3 Å². The molecule has 3 rings (SSSR count). The van der Waals surface area contributed by atoms with Crippen molar-refractivity contribution < 1.29 is 9.90 Å². The lowest BCUT2D eigenvalue weighted by atomic mass is 10.1. The number of carbonyl (C=O) groups is 1. The van der Waals surface area contributed by atoms with Crippen molar-refractivity contribution in [1.29, 1.82) is 0 Å². The molecule has 0 fully saturated rings. The Balaban J connectivity index is 1.67. The van der Waals surface area contributed by atoms with Gasteiger partial charge in [0.2, 0.25) is 0 Å². The van der Waals surface area contributed by atoms with E-state index in [0.29, 0.717) is 17.8 Å². The van der Waals surface area contributed by atoms with Gasteiger partial charge in [0.15, 0.2) is 0 Å². The molecule has 0 bridgehead atoms. The Kier molecular flexibility index (Phi) is 4.49. The molecule has 116 valence electrons. The van der Waals surface area contributed by atoms with E-state index in [1.807, 2.05) is 29.1 Å². The van der Waals surface area contributed by atoms with Crippen LogP contribution in [0, 0.1) is 0 Å². The first-order valence-corrected chi connectivity index (χ1v) is 7.32. The van der Waals surface area contributed by atoms with Crippen LogP contribution in [0.3, 0.4) is 0 Å². The number of rotatable bonds is 5. The van der Waals surface area contributed by atoms with Crippen LogP contribution >= 0.6 is 0 Å². The maximum Gasteiger partial charge on any atom is 0.255 e. The number of nitrogens with one attached hydrogen (secondary N) is 1. The van der Waals surface area contributed by atoms with Crippen LogP contribution in [0.2, 0.25) is 0 Å². The lowest BCUT2D eigenvalue weighted by molar-refractivity contribution is 0.102. The van der Waals surface area contributed by atoms with Crippen molar-refractivity contribution in [2.24, 2.45) is 0 Å². The zero-order valence-corrected chi connectivity index (χ0v) is 12.5. The molecule has 0 atom stereocenters. The molecule has 0 aliphatic carbocycles. The third-order valence-corrected chi connectivity index (χ3v) is 3.49. The van der Waals surface area contributed by atoms with E-state index in [1.54, 1.807) is 42.6 Å². The van der Waals surface area contributed by atoms with Crippen molar-refractivity contribution in [3.05, 3.63) is 83.7 Å². The van der Waals surface area contributed by atoms with Crippen molar-refractivity contribution in [1.82, 2.24) is 9.78 Å². The van der Waals surface area contributed by atoms with Crippen LogP contribution in [0.5, 0.6) is 0 Å². The van der Waals surface area contributed by atoms with Crippen LogP contribution in [0.1, 0.15) is 21.5 Å². The second-order valence-electron chi connectivity index (χ2n) is 5.21. The second-order valence-corrected chi connectivity index (χ2v) is 5.21. The molecular weight excluding hydrogens is 290 g/mol. The summed E-state index contributed by atoms with van der Waals surface area (Å²) in [4.78, 5) is 12.3. The summed E-state index contributed by atoms with van der Waals surface area (Å²) >= 11 is 0. The summed E-state index contributed by atoms with van der Waals surface area (Å²) in [5.41, 5.74) is 3.09. The summed E-state index contributed by atoms with van der Waals surface area (Å²) < 4.78 is 1.83. The molecule has 2 N–H and O–H groups in total. The number of carbonyl (C=O) groups excluding carboxylic acids is 1. The third kappa shape index (κ3) is 3.84. The third-order valence-electron chi connectivity index (χ3n) is 3.49. The van der Waals surface area contributed by atoms with Gasteiger partial charge in [-0.15, -0.1) is 0 Å². The normalized spacial score (nSPS) is 10.5. The number of hydrogen-bond donors (Lipinski definition) is 2. The number of amides is 1. The lowest BCUT2D eigenvalue weighted by Crippen LogP contribution is -2.12. The molecule has 0 unspecified atom stereocenters. The second kappa shape index (κ2) is 6.89. The Labute approximate surface area is 134 Å². The Morgan fingerprint density at radius 1 is 1.09 bits per heavy atom. The van der Waals surface area contributed by atoms with Crippen LogP contribution in [0.4, 0.5) is 5.69 Å². The van der Waals surface area contributed by atoms with Gasteiger partial charge in [-0.3, -0.25) is 9.48 Å². The van der Waals surface area contributed by atoms with E-state index in [0.717, 1.165) is 11.1 Å². The number of nitrogens with zero attached hydrogens (tertiary/aromatic N) is 2. The fourth-order valence-corrected chi connectivity index (χ4v) is 2.29. The summed E-state index contributed by atoms with van der Waals surface area (Å²) in [5.74, 6) is -0.175. The number of aliphatic hydroxyl groups is 1. The molecule has 0 spiro atoms. The SMILES string of the molecule is O=C(Nc1cccc(CO)c1)c1ccc(Cn2cccn2)cc1. The van der Waals surface area contributed by atoms with Crippen molar-refractivity contribution in [3.63, 3.8) is 0 Å². The van der Waals surface area contributed by atoms with Crippen molar-refractivity contribution >= 4 is 11.6 Å². The fraction of sp³-hybridized carbons (Fsp3) is 0.111. The number of benzene rings is 2. The first-order valence-electron chi connectivity index (χ1n) is 7.32. The van der Waals surface area contributed by atoms with E-state index in [-0.39, 0.29) is 12.5 Å². The predicted molar refractivity (Wildman–Crippen MR) is 88.1 cm³/mol. The van der Waals surface area contributed by atoms with Crippen LogP contribution in [0.25, 0.3) is 0 Å². The fourth-order valence-electron chi connectivity index (χ4n) is 2.29. The maximum atomic E-state index is 12.3. The Hall–Kier alpha value is -2.92. The first-order chi connectivity index (χ1) is 11.2. The summed E-state index contributed by atoms with van der Waals surface area (Å²) in [7, 11) is 0. The molecule has 0 aliphatic rings. The quantitative estimate of drug-likeness (QED) is 0.761. The maximum absolute atomic E-state index is 12.3. The highest BCUT2D eigenvalue weighted by molar-refractivity contribution is 6.04. The van der Waals surface area contributed by atoms with Crippen molar-refractivity contribution in [2.75, 3.05) is 5.32 Å². The lowest BCUT2D eigenvalue weighted by Gasteiger charge is -2.07. The highest BCUT2D eigenvalue weighted by Crippen LogP contribution is 2.13. The zero-order chi connectivity index (χ0) is 16.1. The van der Waals surface area contributed by atoms with Crippen LogP contribution < -0.4 is 5.32 Å². The van der Waals surface area contributed by atoms with Crippen LogP contribution in [-0.4, -0.2) is 20.8 Å². The first kappa shape index (κ1) is 15.0. The van der Waals surface area contributed by atoms with Gasteiger partial charge in [0.25, 0.3) is 5.91 Å². The molecule has 0 aliphatic heterocycles. The summed E-state index contributed by atoms with van der Waals surface area (Å²) in [5, 5.41) is 16.1. The molecule has 0 saturated carbocycles. The highest BCUT2D eigenvalue weighted by atomic mass is 16.3. The van der Waals surface area contributed by atoms with Gasteiger partial charge < -0.3 is 10.4 Å². The Morgan fingerprint density at radius 3 is 2.61 bits per heavy atom. The van der Waals surface area contributed by atoms with Gasteiger partial charge in [0.05, 0.1) is 13.2 Å². The van der Waals surface area contributed by atoms with Gasteiger partial charge in [0.1, 0.15) is 0 Å². The van der Waals surface area contributed by atoms with Gasteiger partial charge in [0, 0.05) is 23.6 Å². The molecule has 23 heavy (non-hydrogen) atoms. The number of hydrogen-bond acceptors (Lipinski definition) is 3.